The van der Waals surface area contributed by atoms with E-state index < -0.39 is 5.60 Å². The third-order valence-corrected chi connectivity index (χ3v) is 4.95. The molecule has 2 aliphatic rings. The average Bonchev–Trinajstić information content (AvgIpc) is 3.32. The Morgan fingerprint density at radius 1 is 1.21 bits per heavy atom. The molecule has 0 radical (unpaired) electrons. The summed E-state index contributed by atoms with van der Waals surface area (Å²) in [7, 11) is 0. The maximum absolute atomic E-state index is 12.1. The Labute approximate surface area is 145 Å². The van der Waals surface area contributed by atoms with Crippen LogP contribution in [0.5, 0.6) is 0 Å². The van der Waals surface area contributed by atoms with Crippen molar-refractivity contribution in [1.82, 2.24) is 10.2 Å². The fraction of sp³-hybridized carbons (Fsp3) is 0.650. The minimum Gasteiger partial charge on any atom is -0.444 e. The molecule has 4 heteroatoms. The number of carbonyl (C=O) groups is 1. The minimum absolute atomic E-state index is 0.166. The number of nitrogens with zero attached hydrogens (tertiary/aromatic N) is 1. The van der Waals surface area contributed by atoms with Crippen molar-refractivity contribution in [2.75, 3.05) is 19.6 Å². The van der Waals surface area contributed by atoms with E-state index in [-0.39, 0.29) is 6.09 Å². The van der Waals surface area contributed by atoms with E-state index in [1.807, 2.05) is 25.7 Å². The monoisotopic (exact) mass is 330 g/mol. The zero-order valence-electron chi connectivity index (χ0n) is 15.1. The molecule has 1 aromatic rings. The molecule has 1 N–H and O–H groups in total. The molecule has 1 aromatic carbocycles. The Bertz CT molecular complexity index is 545. The number of rotatable bonds is 4. The van der Waals surface area contributed by atoms with Crippen LogP contribution in [0.3, 0.4) is 0 Å². The molecule has 2 atom stereocenters. The molecular formula is C20H30N2O2. The normalized spacial score (nSPS) is 24.7. The van der Waals surface area contributed by atoms with Gasteiger partial charge >= 0.3 is 6.09 Å². The van der Waals surface area contributed by atoms with Crippen molar-refractivity contribution in [1.29, 1.82) is 0 Å². The van der Waals surface area contributed by atoms with Crippen LogP contribution in [0, 0.1) is 5.92 Å². The van der Waals surface area contributed by atoms with Crippen LogP contribution < -0.4 is 5.32 Å². The molecule has 3 rings (SSSR count). The van der Waals surface area contributed by atoms with E-state index in [0.29, 0.717) is 17.9 Å². The predicted octanol–water partition coefficient (Wildman–Crippen LogP) is 3.78. The highest BCUT2D eigenvalue weighted by Crippen LogP contribution is 2.40. The number of benzene rings is 1. The first-order valence-electron chi connectivity index (χ1n) is 9.18. The van der Waals surface area contributed by atoms with Crippen LogP contribution in [0.15, 0.2) is 30.3 Å². The Morgan fingerprint density at radius 2 is 1.88 bits per heavy atom. The van der Waals surface area contributed by atoms with Gasteiger partial charge in [0.05, 0.1) is 0 Å². The molecule has 0 spiro atoms. The van der Waals surface area contributed by atoms with Gasteiger partial charge in [-0.25, -0.2) is 4.79 Å². The lowest BCUT2D eigenvalue weighted by atomic mass is 9.97. The van der Waals surface area contributed by atoms with E-state index in [9.17, 15) is 4.79 Å². The van der Waals surface area contributed by atoms with Crippen molar-refractivity contribution in [3.8, 4) is 0 Å². The molecule has 1 saturated heterocycles. The third kappa shape index (κ3) is 4.73. The van der Waals surface area contributed by atoms with Gasteiger partial charge in [0.1, 0.15) is 5.60 Å². The zero-order chi connectivity index (χ0) is 17.2. The predicted molar refractivity (Wildman–Crippen MR) is 96.1 cm³/mol. The Kier molecular flexibility index (Phi) is 5.14. The van der Waals surface area contributed by atoms with Crippen LogP contribution in [0.4, 0.5) is 4.79 Å². The van der Waals surface area contributed by atoms with Gasteiger partial charge in [0, 0.05) is 25.0 Å². The highest BCUT2D eigenvalue weighted by Gasteiger charge is 2.38. The number of hydrogen-bond acceptors (Lipinski definition) is 3. The van der Waals surface area contributed by atoms with E-state index in [4.69, 9.17) is 4.74 Å². The molecule has 24 heavy (non-hydrogen) atoms. The summed E-state index contributed by atoms with van der Waals surface area (Å²) < 4.78 is 5.46. The summed E-state index contributed by atoms with van der Waals surface area (Å²) in [4.78, 5) is 13.9. The van der Waals surface area contributed by atoms with Gasteiger partial charge in [-0.2, -0.15) is 0 Å². The fourth-order valence-electron chi connectivity index (χ4n) is 3.45. The lowest BCUT2D eigenvalue weighted by Gasteiger charge is -2.33. The summed E-state index contributed by atoms with van der Waals surface area (Å²) in [5.41, 5.74) is 1.04. The number of likely N-dealkylation sites (tertiary alicyclic amines) is 1. The number of amides is 1. The Morgan fingerprint density at radius 3 is 2.50 bits per heavy atom. The number of ether oxygens (including phenoxy) is 1. The summed E-state index contributed by atoms with van der Waals surface area (Å²) in [5, 5.41) is 3.72. The molecule has 1 unspecified atom stereocenters. The maximum atomic E-state index is 12.1. The first-order valence-corrected chi connectivity index (χ1v) is 9.18. The summed E-state index contributed by atoms with van der Waals surface area (Å²) >= 11 is 0. The van der Waals surface area contributed by atoms with Crippen molar-refractivity contribution in [3.05, 3.63) is 35.9 Å². The number of piperidine rings is 1. The molecule has 2 fully saturated rings. The number of nitrogens with one attached hydrogen (secondary N) is 1. The summed E-state index contributed by atoms with van der Waals surface area (Å²) in [5.74, 6) is 1.36. The van der Waals surface area contributed by atoms with Gasteiger partial charge < -0.3 is 15.0 Å². The van der Waals surface area contributed by atoms with Crippen LogP contribution in [0.25, 0.3) is 0 Å². The van der Waals surface area contributed by atoms with Gasteiger partial charge in [0.15, 0.2) is 0 Å². The molecule has 132 valence electrons. The molecule has 0 aromatic heterocycles. The van der Waals surface area contributed by atoms with Crippen LogP contribution in [0.1, 0.15) is 51.5 Å². The van der Waals surface area contributed by atoms with Crippen LogP contribution >= 0.6 is 0 Å². The van der Waals surface area contributed by atoms with Crippen molar-refractivity contribution in [2.24, 2.45) is 5.92 Å². The second kappa shape index (κ2) is 7.14. The first-order chi connectivity index (χ1) is 11.4. The van der Waals surface area contributed by atoms with E-state index in [1.54, 1.807) is 0 Å². The van der Waals surface area contributed by atoms with Gasteiger partial charge in [-0.15, -0.1) is 0 Å². The summed E-state index contributed by atoms with van der Waals surface area (Å²) in [6.07, 6.45) is 3.21. The largest absolute Gasteiger partial charge is 0.444 e. The topological polar surface area (TPSA) is 41.6 Å². The molecule has 1 saturated carbocycles. The van der Waals surface area contributed by atoms with Crippen molar-refractivity contribution in [2.45, 2.75) is 57.6 Å². The van der Waals surface area contributed by atoms with Gasteiger partial charge in [0.2, 0.25) is 0 Å². The molecule has 1 aliphatic carbocycles. The summed E-state index contributed by atoms with van der Waals surface area (Å²) in [6.45, 7) is 8.44. The quantitative estimate of drug-likeness (QED) is 0.913. The van der Waals surface area contributed by atoms with Gasteiger partial charge in [-0.05, 0) is 58.1 Å². The second-order valence-corrected chi connectivity index (χ2v) is 8.18. The standard InChI is InChI=1S/C20H30N2O2/c1-20(2,3)24-19(23)22-11-9-15(10-12-22)14-21-18-13-17(18)16-7-5-4-6-8-16/h4-8,15,17-18,21H,9-14H2,1-3H3/t17-,18?/m0/s1. The van der Waals surface area contributed by atoms with Crippen LogP contribution in [-0.2, 0) is 4.74 Å². The van der Waals surface area contributed by atoms with Crippen molar-refractivity contribution in [3.63, 3.8) is 0 Å². The Balaban J connectivity index is 1.36. The van der Waals surface area contributed by atoms with E-state index in [0.717, 1.165) is 32.5 Å². The SMILES string of the molecule is CC(C)(C)OC(=O)N1CCC(CNC2C[C@H]2c2ccccc2)CC1. The number of carbonyl (C=O) groups excluding carboxylic acids is 1. The second-order valence-electron chi connectivity index (χ2n) is 8.18. The number of hydrogen-bond donors (Lipinski definition) is 1. The highest BCUT2D eigenvalue weighted by atomic mass is 16.6. The fourth-order valence-corrected chi connectivity index (χ4v) is 3.45. The third-order valence-electron chi connectivity index (χ3n) is 4.95. The highest BCUT2D eigenvalue weighted by molar-refractivity contribution is 5.68. The minimum atomic E-state index is -0.409. The Hall–Kier alpha value is -1.55. The van der Waals surface area contributed by atoms with Gasteiger partial charge in [-0.3, -0.25) is 0 Å². The van der Waals surface area contributed by atoms with Crippen molar-refractivity contribution < 1.29 is 9.53 Å². The van der Waals surface area contributed by atoms with E-state index in [2.05, 4.69) is 35.6 Å². The van der Waals surface area contributed by atoms with Crippen LogP contribution in [0.2, 0.25) is 0 Å². The molecule has 0 bridgehead atoms. The lowest BCUT2D eigenvalue weighted by molar-refractivity contribution is 0.0184. The average molecular weight is 330 g/mol. The summed E-state index contributed by atoms with van der Waals surface area (Å²) in [6, 6.07) is 11.4. The van der Waals surface area contributed by atoms with Gasteiger partial charge in [-0.1, -0.05) is 30.3 Å². The zero-order valence-corrected chi connectivity index (χ0v) is 15.1. The molecule has 4 nitrogen and oxygen atoms in total. The maximum Gasteiger partial charge on any atom is 0.410 e. The van der Waals surface area contributed by atoms with E-state index >= 15 is 0 Å². The molecule has 1 amide bonds. The lowest BCUT2D eigenvalue weighted by Crippen LogP contribution is -2.43. The molecule has 1 aliphatic heterocycles. The van der Waals surface area contributed by atoms with Crippen molar-refractivity contribution >= 4 is 6.09 Å². The van der Waals surface area contributed by atoms with Gasteiger partial charge in [0.25, 0.3) is 0 Å². The molecule has 1 heterocycles. The smallest absolute Gasteiger partial charge is 0.410 e. The van der Waals surface area contributed by atoms with E-state index in [1.165, 1.54) is 12.0 Å². The van der Waals surface area contributed by atoms with Crippen LogP contribution in [-0.4, -0.2) is 42.3 Å². The molecular weight excluding hydrogens is 300 g/mol. The first kappa shape index (κ1) is 17.3.